The Hall–Kier alpha value is -1.37. The summed E-state index contributed by atoms with van der Waals surface area (Å²) in [6.45, 7) is 8.28. The molecule has 1 aromatic rings. The standard InChI is InChI=1S/C17H29N3O3/c1-4-15-11-19(7-8-20(15)10-14(2)21)13-17(22)18(3)12-16-6-5-9-23-16/h5-6,9,14-15,21H,4,7-8,10-13H2,1-3H3/t14-,15+/m1/s1. The second kappa shape index (κ2) is 8.47. The van der Waals surface area contributed by atoms with Gasteiger partial charge in [-0.3, -0.25) is 14.6 Å². The molecule has 2 heterocycles. The molecule has 6 nitrogen and oxygen atoms in total. The van der Waals surface area contributed by atoms with Crippen molar-refractivity contribution in [3.8, 4) is 0 Å². The Morgan fingerprint density at radius 2 is 2.30 bits per heavy atom. The maximum atomic E-state index is 12.4. The molecule has 1 amide bonds. The number of furan rings is 1. The number of aliphatic hydroxyl groups excluding tert-OH is 1. The summed E-state index contributed by atoms with van der Waals surface area (Å²) in [4.78, 5) is 18.6. The van der Waals surface area contributed by atoms with E-state index in [2.05, 4.69) is 16.7 Å². The number of piperazine rings is 1. The first-order valence-electron chi connectivity index (χ1n) is 8.40. The molecule has 2 atom stereocenters. The average Bonchev–Trinajstić information content (AvgIpc) is 3.01. The van der Waals surface area contributed by atoms with Crippen molar-refractivity contribution in [1.29, 1.82) is 0 Å². The summed E-state index contributed by atoms with van der Waals surface area (Å²) in [7, 11) is 1.81. The van der Waals surface area contributed by atoms with Crippen LogP contribution in [-0.2, 0) is 11.3 Å². The van der Waals surface area contributed by atoms with Crippen molar-refractivity contribution >= 4 is 5.91 Å². The van der Waals surface area contributed by atoms with Gasteiger partial charge in [-0.05, 0) is 25.5 Å². The van der Waals surface area contributed by atoms with Crippen LogP contribution >= 0.6 is 0 Å². The number of β-amino-alcohol motifs (C(OH)–C–C–N with tert-alkyl or cyclic N) is 1. The Balaban J connectivity index is 1.82. The van der Waals surface area contributed by atoms with Crippen molar-refractivity contribution in [2.24, 2.45) is 0 Å². The molecular formula is C17H29N3O3. The molecule has 0 aliphatic carbocycles. The lowest BCUT2D eigenvalue weighted by molar-refractivity contribution is -0.132. The number of amides is 1. The van der Waals surface area contributed by atoms with E-state index in [-0.39, 0.29) is 12.0 Å². The van der Waals surface area contributed by atoms with E-state index in [1.165, 1.54) is 0 Å². The molecule has 0 radical (unpaired) electrons. The maximum Gasteiger partial charge on any atom is 0.236 e. The lowest BCUT2D eigenvalue weighted by atomic mass is 10.1. The van der Waals surface area contributed by atoms with Crippen molar-refractivity contribution in [3.63, 3.8) is 0 Å². The quantitative estimate of drug-likeness (QED) is 0.812. The summed E-state index contributed by atoms with van der Waals surface area (Å²) in [6.07, 6.45) is 2.34. The van der Waals surface area contributed by atoms with E-state index in [1.807, 2.05) is 26.1 Å². The summed E-state index contributed by atoms with van der Waals surface area (Å²) in [5.74, 6) is 0.911. The Morgan fingerprint density at radius 3 is 2.91 bits per heavy atom. The first-order valence-corrected chi connectivity index (χ1v) is 8.40. The normalized spacial score (nSPS) is 21.3. The molecule has 1 saturated heterocycles. The fourth-order valence-electron chi connectivity index (χ4n) is 3.10. The van der Waals surface area contributed by atoms with Crippen molar-refractivity contribution in [3.05, 3.63) is 24.2 Å². The number of hydrogen-bond donors (Lipinski definition) is 1. The zero-order valence-corrected chi connectivity index (χ0v) is 14.4. The van der Waals surface area contributed by atoms with Gasteiger partial charge in [-0.1, -0.05) is 6.92 Å². The topological polar surface area (TPSA) is 60.2 Å². The van der Waals surface area contributed by atoms with Crippen molar-refractivity contribution in [1.82, 2.24) is 14.7 Å². The highest BCUT2D eigenvalue weighted by Crippen LogP contribution is 2.14. The molecule has 1 aliphatic heterocycles. The number of nitrogens with zero attached hydrogens (tertiary/aromatic N) is 3. The van der Waals surface area contributed by atoms with Crippen LogP contribution in [0.2, 0.25) is 0 Å². The van der Waals surface area contributed by atoms with Crippen LogP contribution in [0, 0.1) is 0 Å². The van der Waals surface area contributed by atoms with Crippen molar-refractivity contribution in [2.75, 3.05) is 39.8 Å². The van der Waals surface area contributed by atoms with Crippen LogP contribution in [0.3, 0.4) is 0 Å². The number of hydrogen-bond acceptors (Lipinski definition) is 5. The smallest absolute Gasteiger partial charge is 0.236 e. The molecule has 23 heavy (non-hydrogen) atoms. The Labute approximate surface area is 138 Å². The summed E-state index contributed by atoms with van der Waals surface area (Å²) in [6, 6.07) is 4.12. The summed E-state index contributed by atoms with van der Waals surface area (Å²) in [5.41, 5.74) is 0. The average molecular weight is 323 g/mol. The monoisotopic (exact) mass is 323 g/mol. The van der Waals surface area contributed by atoms with E-state index < -0.39 is 0 Å². The number of rotatable bonds is 7. The zero-order valence-electron chi connectivity index (χ0n) is 14.4. The second-order valence-corrected chi connectivity index (χ2v) is 6.47. The molecule has 0 bridgehead atoms. The summed E-state index contributed by atoms with van der Waals surface area (Å²) >= 11 is 0. The maximum absolute atomic E-state index is 12.4. The Bertz CT molecular complexity index is 475. The van der Waals surface area contributed by atoms with Gasteiger partial charge in [0, 0.05) is 39.3 Å². The van der Waals surface area contributed by atoms with Crippen LogP contribution in [0.15, 0.2) is 22.8 Å². The molecule has 6 heteroatoms. The molecule has 0 saturated carbocycles. The van der Waals surface area contributed by atoms with E-state index in [9.17, 15) is 9.90 Å². The lowest BCUT2D eigenvalue weighted by Crippen LogP contribution is -2.56. The van der Waals surface area contributed by atoms with Gasteiger partial charge in [-0.15, -0.1) is 0 Å². The largest absolute Gasteiger partial charge is 0.467 e. The highest BCUT2D eigenvalue weighted by Gasteiger charge is 2.28. The van der Waals surface area contributed by atoms with E-state index in [0.29, 0.717) is 25.7 Å². The van der Waals surface area contributed by atoms with Gasteiger partial charge in [0.15, 0.2) is 0 Å². The third-order valence-corrected chi connectivity index (χ3v) is 4.42. The van der Waals surface area contributed by atoms with Gasteiger partial charge in [-0.25, -0.2) is 0 Å². The Morgan fingerprint density at radius 1 is 1.52 bits per heavy atom. The molecule has 0 spiro atoms. The molecule has 1 N–H and O–H groups in total. The molecule has 2 rings (SSSR count). The molecular weight excluding hydrogens is 294 g/mol. The molecule has 130 valence electrons. The van der Waals surface area contributed by atoms with E-state index in [1.54, 1.807) is 11.2 Å². The first-order chi connectivity index (χ1) is 11.0. The summed E-state index contributed by atoms with van der Waals surface area (Å²) in [5, 5.41) is 9.60. The first kappa shape index (κ1) is 18.0. The number of carbonyl (C=O) groups excluding carboxylic acids is 1. The van der Waals surface area contributed by atoms with Crippen LogP contribution in [0.25, 0.3) is 0 Å². The highest BCUT2D eigenvalue weighted by molar-refractivity contribution is 5.77. The number of carbonyl (C=O) groups is 1. The third kappa shape index (κ3) is 5.34. The van der Waals surface area contributed by atoms with Crippen LogP contribution in [0.5, 0.6) is 0 Å². The van der Waals surface area contributed by atoms with Gasteiger partial charge in [0.25, 0.3) is 0 Å². The predicted octanol–water partition coefficient (Wildman–Crippen LogP) is 1.01. The van der Waals surface area contributed by atoms with Crippen LogP contribution in [-0.4, -0.2) is 77.6 Å². The van der Waals surface area contributed by atoms with Gasteiger partial charge in [-0.2, -0.15) is 0 Å². The van der Waals surface area contributed by atoms with Crippen LogP contribution < -0.4 is 0 Å². The molecule has 1 fully saturated rings. The zero-order chi connectivity index (χ0) is 16.8. The van der Waals surface area contributed by atoms with Crippen molar-refractivity contribution in [2.45, 2.75) is 39.0 Å². The molecule has 0 aromatic carbocycles. The fourth-order valence-corrected chi connectivity index (χ4v) is 3.10. The Kier molecular flexibility index (Phi) is 6.62. The minimum atomic E-state index is -0.309. The molecule has 1 aliphatic rings. The van der Waals surface area contributed by atoms with Gasteiger partial charge >= 0.3 is 0 Å². The minimum Gasteiger partial charge on any atom is -0.467 e. The van der Waals surface area contributed by atoms with Crippen molar-refractivity contribution < 1.29 is 14.3 Å². The predicted molar refractivity (Wildman–Crippen MR) is 89.0 cm³/mol. The number of likely N-dealkylation sites (N-methyl/N-ethyl adjacent to an activating group) is 1. The van der Waals surface area contributed by atoms with Crippen LogP contribution in [0.1, 0.15) is 26.0 Å². The minimum absolute atomic E-state index is 0.111. The van der Waals surface area contributed by atoms with E-state index in [4.69, 9.17) is 4.42 Å². The molecule has 1 aromatic heterocycles. The second-order valence-electron chi connectivity index (χ2n) is 6.47. The van der Waals surface area contributed by atoms with Gasteiger partial charge in [0.05, 0.1) is 25.5 Å². The van der Waals surface area contributed by atoms with Gasteiger partial charge < -0.3 is 14.4 Å². The van der Waals surface area contributed by atoms with E-state index >= 15 is 0 Å². The lowest BCUT2D eigenvalue weighted by Gasteiger charge is -2.41. The molecule has 0 unspecified atom stereocenters. The van der Waals surface area contributed by atoms with Gasteiger partial charge in [0.1, 0.15) is 5.76 Å². The van der Waals surface area contributed by atoms with Crippen LogP contribution in [0.4, 0.5) is 0 Å². The highest BCUT2D eigenvalue weighted by atomic mass is 16.3. The number of aliphatic hydroxyl groups is 1. The van der Waals surface area contributed by atoms with E-state index in [0.717, 1.165) is 31.8 Å². The fraction of sp³-hybridized carbons (Fsp3) is 0.706. The summed E-state index contributed by atoms with van der Waals surface area (Å²) < 4.78 is 5.29. The SMILES string of the molecule is CC[C@H]1CN(CC(=O)N(C)Cc2ccco2)CCN1C[C@@H](C)O. The third-order valence-electron chi connectivity index (χ3n) is 4.42. The van der Waals surface area contributed by atoms with Gasteiger partial charge in [0.2, 0.25) is 5.91 Å².